The Morgan fingerprint density at radius 3 is 2.92 bits per heavy atom. The maximum absolute atomic E-state index is 13.3. The van der Waals surface area contributed by atoms with Crippen LogP contribution in [0.4, 0.5) is 4.39 Å². The van der Waals surface area contributed by atoms with Crippen molar-refractivity contribution in [3.63, 3.8) is 0 Å². The lowest BCUT2D eigenvalue weighted by molar-refractivity contribution is -0.121. The van der Waals surface area contributed by atoms with Crippen LogP contribution in [0.3, 0.4) is 0 Å². The number of carbonyl (C=O) groups is 1. The number of amides is 1. The highest BCUT2D eigenvalue weighted by Gasteiger charge is 2.09. The van der Waals surface area contributed by atoms with E-state index in [1.807, 2.05) is 12.1 Å². The van der Waals surface area contributed by atoms with E-state index in [2.05, 4.69) is 15.3 Å². The van der Waals surface area contributed by atoms with Crippen molar-refractivity contribution in [3.8, 4) is 0 Å². The first-order chi connectivity index (χ1) is 11.6. The molecule has 2 aromatic heterocycles. The third-order valence-corrected chi connectivity index (χ3v) is 3.96. The molecule has 0 unspecified atom stereocenters. The van der Waals surface area contributed by atoms with Gasteiger partial charge in [-0.05, 0) is 47.9 Å². The molecule has 0 aliphatic carbocycles. The van der Waals surface area contributed by atoms with E-state index in [4.69, 9.17) is 11.6 Å². The smallest absolute Gasteiger partial charge is 0.220 e. The van der Waals surface area contributed by atoms with Gasteiger partial charge in [-0.3, -0.25) is 9.78 Å². The van der Waals surface area contributed by atoms with Crippen LogP contribution in [0, 0.1) is 5.82 Å². The molecule has 2 heterocycles. The first-order valence-corrected chi connectivity index (χ1v) is 7.90. The van der Waals surface area contributed by atoms with Crippen LogP contribution in [0.1, 0.15) is 17.5 Å². The summed E-state index contributed by atoms with van der Waals surface area (Å²) in [5.74, 6) is -0.416. The Bertz CT molecular complexity index is 871. The monoisotopic (exact) mass is 343 g/mol. The molecule has 24 heavy (non-hydrogen) atoms. The summed E-state index contributed by atoms with van der Waals surface area (Å²) < 4.78 is 13.3. The maximum Gasteiger partial charge on any atom is 0.220 e. The zero-order valence-electron chi connectivity index (χ0n) is 12.8. The number of hydrogen-bond acceptors (Lipinski definition) is 3. The lowest BCUT2D eigenvalue weighted by Gasteiger charge is -2.07. The fourth-order valence-corrected chi connectivity index (χ4v) is 2.62. The molecular formula is C18H15ClFN3O. The zero-order chi connectivity index (χ0) is 16.9. The summed E-state index contributed by atoms with van der Waals surface area (Å²) in [6.45, 7) is 0.432. The minimum atomic E-state index is -0.327. The minimum Gasteiger partial charge on any atom is -0.352 e. The Morgan fingerprint density at radius 1 is 1.25 bits per heavy atom. The summed E-state index contributed by atoms with van der Waals surface area (Å²) in [4.78, 5) is 20.2. The van der Waals surface area contributed by atoms with Gasteiger partial charge in [0.25, 0.3) is 0 Å². The van der Waals surface area contributed by atoms with Crippen LogP contribution in [-0.2, 0) is 17.8 Å². The first kappa shape index (κ1) is 16.3. The van der Waals surface area contributed by atoms with Crippen molar-refractivity contribution >= 4 is 28.4 Å². The Kier molecular flexibility index (Phi) is 5.01. The topological polar surface area (TPSA) is 54.9 Å². The number of carbonyl (C=O) groups excluding carboxylic acids is 1. The molecule has 0 aliphatic heterocycles. The molecule has 0 radical (unpaired) electrons. The van der Waals surface area contributed by atoms with Gasteiger partial charge in [0, 0.05) is 30.7 Å². The van der Waals surface area contributed by atoms with E-state index in [1.54, 1.807) is 24.5 Å². The number of fused-ring (bicyclic) bond motifs is 1. The summed E-state index contributed by atoms with van der Waals surface area (Å²) >= 11 is 6.15. The zero-order valence-corrected chi connectivity index (χ0v) is 13.6. The van der Waals surface area contributed by atoms with E-state index in [0.29, 0.717) is 29.0 Å². The van der Waals surface area contributed by atoms with Gasteiger partial charge in [0.05, 0.1) is 5.52 Å². The quantitative estimate of drug-likeness (QED) is 0.719. The van der Waals surface area contributed by atoms with Crippen LogP contribution >= 0.6 is 11.6 Å². The molecular weight excluding hydrogens is 329 g/mol. The van der Waals surface area contributed by atoms with Crippen LogP contribution in [-0.4, -0.2) is 15.9 Å². The summed E-state index contributed by atoms with van der Waals surface area (Å²) in [5.41, 5.74) is 2.30. The Labute approximate surface area is 143 Å². The molecule has 3 aromatic rings. The fourth-order valence-electron chi connectivity index (χ4n) is 2.38. The molecule has 0 atom stereocenters. The van der Waals surface area contributed by atoms with Crippen molar-refractivity contribution < 1.29 is 9.18 Å². The highest BCUT2D eigenvalue weighted by atomic mass is 35.5. The van der Waals surface area contributed by atoms with Gasteiger partial charge < -0.3 is 5.32 Å². The molecule has 0 fully saturated rings. The molecule has 0 aliphatic rings. The largest absolute Gasteiger partial charge is 0.352 e. The molecule has 3 rings (SSSR count). The number of halogens is 2. The number of aryl methyl sites for hydroxylation is 1. The van der Waals surface area contributed by atoms with Gasteiger partial charge in [-0.15, -0.1) is 0 Å². The van der Waals surface area contributed by atoms with Gasteiger partial charge >= 0.3 is 0 Å². The molecule has 0 spiro atoms. The van der Waals surface area contributed by atoms with E-state index in [-0.39, 0.29) is 18.1 Å². The van der Waals surface area contributed by atoms with Crippen LogP contribution in [0.2, 0.25) is 5.15 Å². The van der Waals surface area contributed by atoms with Crippen molar-refractivity contribution in [1.82, 2.24) is 15.3 Å². The third kappa shape index (κ3) is 4.06. The van der Waals surface area contributed by atoms with E-state index >= 15 is 0 Å². The van der Waals surface area contributed by atoms with Crippen LogP contribution < -0.4 is 5.32 Å². The van der Waals surface area contributed by atoms with Crippen LogP contribution in [0.5, 0.6) is 0 Å². The van der Waals surface area contributed by atoms with E-state index < -0.39 is 0 Å². The molecule has 6 heteroatoms. The fraction of sp³-hybridized carbons (Fsp3) is 0.167. The lowest BCUT2D eigenvalue weighted by Crippen LogP contribution is -2.23. The number of rotatable bonds is 5. The number of aromatic nitrogens is 2. The average Bonchev–Trinajstić information content (AvgIpc) is 2.59. The first-order valence-electron chi connectivity index (χ1n) is 7.52. The summed E-state index contributed by atoms with van der Waals surface area (Å²) in [7, 11) is 0. The molecule has 0 saturated heterocycles. The molecule has 0 saturated carbocycles. The SMILES string of the molecule is O=C(CCc1cc2cc(F)ccc2nc1Cl)NCc1cccnc1. The van der Waals surface area contributed by atoms with Crippen LogP contribution in [0.15, 0.2) is 48.8 Å². The highest BCUT2D eigenvalue weighted by Crippen LogP contribution is 2.22. The van der Waals surface area contributed by atoms with Crippen molar-refractivity contribution in [1.29, 1.82) is 0 Å². The Morgan fingerprint density at radius 2 is 2.12 bits per heavy atom. The van der Waals surface area contributed by atoms with Crippen molar-refractivity contribution in [2.24, 2.45) is 0 Å². The van der Waals surface area contributed by atoms with E-state index in [1.165, 1.54) is 12.1 Å². The predicted molar refractivity (Wildman–Crippen MR) is 91.1 cm³/mol. The number of benzene rings is 1. The Hall–Kier alpha value is -2.53. The predicted octanol–water partition coefficient (Wildman–Crippen LogP) is 3.67. The normalized spacial score (nSPS) is 10.8. The average molecular weight is 344 g/mol. The second kappa shape index (κ2) is 7.36. The minimum absolute atomic E-state index is 0.0886. The van der Waals surface area contributed by atoms with Crippen molar-refractivity contribution in [3.05, 3.63) is 70.9 Å². The third-order valence-electron chi connectivity index (χ3n) is 3.64. The highest BCUT2D eigenvalue weighted by molar-refractivity contribution is 6.30. The Balaban J connectivity index is 1.62. The lowest BCUT2D eigenvalue weighted by atomic mass is 10.1. The molecule has 4 nitrogen and oxygen atoms in total. The molecule has 0 bridgehead atoms. The summed E-state index contributed by atoms with van der Waals surface area (Å²) in [5, 5.41) is 3.85. The summed E-state index contributed by atoms with van der Waals surface area (Å²) in [6, 6.07) is 9.83. The number of pyridine rings is 2. The van der Waals surface area contributed by atoms with Gasteiger partial charge in [-0.2, -0.15) is 0 Å². The van der Waals surface area contributed by atoms with Gasteiger partial charge in [-0.25, -0.2) is 9.37 Å². The van der Waals surface area contributed by atoms with Crippen LogP contribution in [0.25, 0.3) is 10.9 Å². The molecule has 1 amide bonds. The molecule has 122 valence electrons. The molecule has 1 aromatic carbocycles. The summed E-state index contributed by atoms with van der Waals surface area (Å²) in [6.07, 6.45) is 4.11. The molecule has 1 N–H and O–H groups in total. The van der Waals surface area contributed by atoms with E-state index in [9.17, 15) is 9.18 Å². The number of nitrogens with zero attached hydrogens (tertiary/aromatic N) is 2. The second-order valence-corrected chi connectivity index (χ2v) is 5.77. The van der Waals surface area contributed by atoms with Gasteiger partial charge in [0.15, 0.2) is 0 Å². The maximum atomic E-state index is 13.3. The van der Waals surface area contributed by atoms with E-state index in [0.717, 1.165) is 11.1 Å². The van der Waals surface area contributed by atoms with Gasteiger partial charge in [0.2, 0.25) is 5.91 Å². The van der Waals surface area contributed by atoms with Gasteiger partial charge in [-0.1, -0.05) is 17.7 Å². The number of nitrogens with one attached hydrogen (secondary N) is 1. The van der Waals surface area contributed by atoms with Crippen molar-refractivity contribution in [2.75, 3.05) is 0 Å². The van der Waals surface area contributed by atoms with Crippen molar-refractivity contribution in [2.45, 2.75) is 19.4 Å². The number of hydrogen-bond donors (Lipinski definition) is 1. The second-order valence-electron chi connectivity index (χ2n) is 5.41. The standard InChI is InChI=1S/C18H15ClFN3O/c19-18-13(8-14-9-15(20)4-5-16(14)23-18)3-6-17(24)22-11-12-2-1-7-21-10-12/h1-2,4-5,7-10H,3,6,11H2,(H,22,24). The van der Waals surface area contributed by atoms with Gasteiger partial charge in [0.1, 0.15) is 11.0 Å².